The number of ether oxygens (including phenoxy) is 1. The van der Waals surface area contributed by atoms with Gasteiger partial charge in [0.15, 0.2) is 0 Å². The summed E-state index contributed by atoms with van der Waals surface area (Å²) in [6, 6.07) is 1.39. The number of likely N-dealkylation sites (tertiary alicyclic amines) is 1. The summed E-state index contributed by atoms with van der Waals surface area (Å²) in [4.78, 5) is 29.0. The van der Waals surface area contributed by atoms with Gasteiger partial charge in [-0.05, 0) is 18.9 Å². The molecular formula is C13H16N2O4. The Hall–Kier alpha value is -2.11. The fourth-order valence-electron chi connectivity index (χ4n) is 2.21. The number of aromatic hydroxyl groups is 1. The maximum atomic E-state index is 12.2. The topological polar surface area (TPSA) is 79.7 Å². The van der Waals surface area contributed by atoms with Crippen LogP contribution in [0.25, 0.3) is 0 Å². The van der Waals surface area contributed by atoms with Gasteiger partial charge in [0.25, 0.3) is 5.91 Å². The molecule has 6 heteroatoms. The van der Waals surface area contributed by atoms with Gasteiger partial charge < -0.3 is 14.7 Å². The second-order valence-corrected chi connectivity index (χ2v) is 4.52. The third kappa shape index (κ3) is 3.01. The van der Waals surface area contributed by atoms with Gasteiger partial charge in [-0.25, -0.2) is 0 Å². The minimum absolute atomic E-state index is 0.0321. The SMILES string of the molecule is COC(=O)C1CCN(C(=O)c2cncc(O)c2)CC1. The number of hydrogen-bond acceptors (Lipinski definition) is 5. The smallest absolute Gasteiger partial charge is 0.308 e. The van der Waals surface area contributed by atoms with E-state index < -0.39 is 0 Å². The molecule has 2 rings (SSSR count). The molecule has 0 aliphatic carbocycles. The molecule has 0 spiro atoms. The fourth-order valence-corrected chi connectivity index (χ4v) is 2.21. The third-order valence-corrected chi connectivity index (χ3v) is 3.29. The maximum absolute atomic E-state index is 12.2. The van der Waals surface area contributed by atoms with Gasteiger partial charge in [0.05, 0.1) is 24.8 Å². The molecule has 0 unspecified atom stereocenters. The van der Waals surface area contributed by atoms with Gasteiger partial charge in [-0.2, -0.15) is 0 Å². The third-order valence-electron chi connectivity index (χ3n) is 3.29. The molecule has 0 bridgehead atoms. The van der Waals surface area contributed by atoms with Gasteiger partial charge in [0.2, 0.25) is 0 Å². The van der Waals surface area contributed by atoms with Crippen molar-refractivity contribution in [3.05, 3.63) is 24.0 Å². The molecule has 1 amide bonds. The van der Waals surface area contributed by atoms with Crippen molar-refractivity contribution in [2.75, 3.05) is 20.2 Å². The number of carbonyl (C=O) groups is 2. The van der Waals surface area contributed by atoms with Crippen molar-refractivity contribution in [1.29, 1.82) is 0 Å². The van der Waals surface area contributed by atoms with Crippen LogP contribution in [0.1, 0.15) is 23.2 Å². The largest absolute Gasteiger partial charge is 0.506 e. The molecule has 1 aromatic rings. The summed E-state index contributed by atoms with van der Waals surface area (Å²) in [5.74, 6) is -0.551. The van der Waals surface area contributed by atoms with Crippen molar-refractivity contribution in [2.45, 2.75) is 12.8 Å². The first-order chi connectivity index (χ1) is 9.11. The van der Waals surface area contributed by atoms with Gasteiger partial charge in [-0.1, -0.05) is 0 Å². The number of amides is 1. The predicted octanol–water partition coefficient (Wildman–Crippen LogP) is 0.812. The highest BCUT2D eigenvalue weighted by Crippen LogP contribution is 2.20. The lowest BCUT2D eigenvalue weighted by Gasteiger charge is -2.30. The molecule has 1 fully saturated rings. The Morgan fingerprint density at radius 3 is 2.63 bits per heavy atom. The molecule has 102 valence electrons. The van der Waals surface area contributed by atoms with E-state index in [-0.39, 0.29) is 23.5 Å². The van der Waals surface area contributed by atoms with E-state index in [1.54, 1.807) is 4.90 Å². The number of piperidine rings is 1. The lowest BCUT2D eigenvalue weighted by molar-refractivity contribution is -0.146. The minimum atomic E-state index is -0.217. The van der Waals surface area contributed by atoms with Crippen LogP contribution in [0.3, 0.4) is 0 Å². The number of pyridine rings is 1. The molecule has 2 heterocycles. The van der Waals surface area contributed by atoms with Crippen molar-refractivity contribution in [1.82, 2.24) is 9.88 Å². The Kier molecular flexibility index (Phi) is 3.99. The van der Waals surface area contributed by atoms with Gasteiger partial charge in [0, 0.05) is 19.3 Å². The van der Waals surface area contributed by atoms with Crippen molar-refractivity contribution in [3.8, 4) is 5.75 Å². The zero-order chi connectivity index (χ0) is 13.8. The minimum Gasteiger partial charge on any atom is -0.506 e. The first kappa shape index (κ1) is 13.3. The van der Waals surface area contributed by atoms with Crippen LogP contribution in [0, 0.1) is 5.92 Å². The first-order valence-corrected chi connectivity index (χ1v) is 6.13. The monoisotopic (exact) mass is 264 g/mol. The van der Waals surface area contributed by atoms with Gasteiger partial charge in [-0.3, -0.25) is 14.6 Å². The highest BCUT2D eigenvalue weighted by Gasteiger charge is 2.28. The van der Waals surface area contributed by atoms with Crippen molar-refractivity contribution >= 4 is 11.9 Å². The highest BCUT2D eigenvalue weighted by molar-refractivity contribution is 5.94. The summed E-state index contributed by atoms with van der Waals surface area (Å²) in [5.41, 5.74) is 0.358. The summed E-state index contributed by atoms with van der Waals surface area (Å²) in [6.45, 7) is 1.02. The Morgan fingerprint density at radius 1 is 1.37 bits per heavy atom. The van der Waals surface area contributed by atoms with E-state index >= 15 is 0 Å². The molecule has 1 aliphatic rings. The number of hydrogen-bond donors (Lipinski definition) is 1. The van der Waals surface area contributed by atoms with Crippen LogP contribution in [0.5, 0.6) is 5.75 Å². The maximum Gasteiger partial charge on any atom is 0.308 e. The van der Waals surface area contributed by atoms with E-state index in [1.807, 2.05) is 0 Å². The van der Waals surface area contributed by atoms with E-state index in [0.717, 1.165) is 0 Å². The van der Waals surface area contributed by atoms with Crippen LogP contribution in [0.4, 0.5) is 0 Å². The Labute approximate surface area is 111 Å². The molecule has 1 saturated heterocycles. The van der Waals surface area contributed by atoms with Crippen LogP contribution in [0.15, 0.2) is 18.5 Å². The number of carbonyl (C=O) groups excluding carboxylic acids is 2. The predicted molar refractivity (Wildman–Crippen MR) is 66.5 cm³/mol. The molecule has 1 aromatic heterocycles. The van der Waals surface area contributed by atoms with Crippen LogP contribution >= 0.6 is 0 Å². The molecule has 0 radical (unpaired) electrons. The molecule has 19 heavy (non-hydrogen) atoms. The molecular weight excluding hydrogens is 248 g/mol. The molecule has 1 N–H and O–H groups in total. The van der Waals surface area contributed by atoms with E-state index in [2.05, 4.69) is 4.98 Å². The summed E-state index contributed by atoms with van der Waals surface area (Å²) < 4.78 is 4.70. The number of rotatable bonds is 2. The van der Waals surface area contributed by atoms with Crippen LogP contribution in [-0.2, 0) is 9.53 Å². The lowest BCUT2D eigenvalue weighted by atomic mass is 9.96. The number of esters is 1. The van der Waals surface area contributed by atoms with Crippen molar-refractivity contribution < 1.29 is 19.4 Å². The zero-order valence-corrected chi connectivity index (χ0v) is 10.7. The summed E-state index contributed by atoms with van der Waals surface area (Å²) in [7, 11) is 1.37. The quantitative estimate of drug-likeness (QED) is 0.800. The molecule has 0 saturated carbocycles. The summed E-state index contributed by atoms with van der Waals surface area (Å²) >= 11 is 0. The van der Waals surface area contributed by atoms with E-state index in [9.17, 15) is 14.7 Å². The van der Waals surface area contributed by atoms with Crippen molar-refractivity contribution in [3.63, 3.8) is 0 Å². The Morgan fingerprint density at radius 2 is 2.05 bits per heavy atom. The standard InChI is InChI=1S/C13H16N2O4/c1-19-13(18)9-2-4-15(5-3-9)12(17)10-6-11(16)8-14-7-10/h6-9,16H,2-5H2,1H3. The lowest BCUT2D eigenvalue weighted by Crippen LogP contribution is -2.40. The highest BCUT2D eigenvalue weighted by atomic mass is 16.5. The number of methoxy groups -OCH3 is 1. The Balaban J connectivity index is 1.98. The number of aromatic nitrogens is 1. The normalized spacial score (nSPS) is 16.2. The van der Waals surface area contributed by atoms with Gasteiger partial charge in [0.1, 0.15) is 5.75 Å². The second-order valence-electron chi connectivity index (χ2n) is 4.52. The molecule has 0 aromatic carbocycles. The molecule has 0 atom stereocenters. The zero-order valence-electron chi connectivity index (χ0n) is 10.7. The van der Waals surface area contributed by atoms with Crippen LogP contribution in [0.2, 0.25) is 0 Å². The first-order valence-electron chi connectivity index (χ1n) is 6.13. The van der Waals surface area contributed by atoms with Crippen LogP contribution < -0.4 is 0 Å². The molecule has 1 aliphatic heterocycles. The second kappa shape index (κ2) is 5.69. The van der Waals surface area contributed by atoms with Gasteiger partial charge >= 0.3 is 5.97 Å². The van der Waals surface area contributed by atoms with E-state index in [1.165, 1.54) is 25.6 Å². The average Bonchev–Trinajstić information content (AvgIpc) is 2.46. The Bertz CT molecular complexity index is 481. The number of nitrogens with zero attached hydrogens (tertiary/aromatic N) is 2. The van der Waals surface area contributed by atoms with E-state index in [0.29, 0.717) is 31.5 Å². The van der Waals surface area contributed by atoms with Crippen LogP contribution in [-0.4, -0.2) is 47.1 Å². The summed E-state index contributed by atoms with van der Waals surface area (Å²) in [6.07, 6.45) is 3.91. The van der Waals surface area contributed by atoms with Gasteiger partial charge in [-0.15, -0.1) is 0 Å². The molecule has 6 nitrogen and oxygen atoms in total. The average molecular weight is 264 g/mol. The summed E-state index contributed by atoms with van der Waals surface area (Å²) in [5, 5.41) is 9.31. The van der Waals surface area contributed by atoms with Crippen molar-refractivity contribution in [2.24, 2.45) is 5.92 Å². The van der Waals surface area contributed by atoms with E-state index in [4.69, 9.17) is 4.74 Å². The fraction of sp³-hybridized carbons (Fsp3) is 0.462.